The average Bonchev–Trinajstić information content (AvgIpc) is 2.94. The first-order valence-corrected chi connectivity index (χ1v) is 6.94. The highest BCUT2D eigenvalue weighted by Crippen LogP contribution is 2.33. The lowest BCUT2D eigenvalue weighted by Gasteiger charge is -2.31. The molecule has 0 amide bonds. The molecule has 2 aromatic rings. The molecule has 2 atom stereocenters. The van der Waals surface area contributed by atoms with Gasteiger partial charge in [-0.1, -0.05) is 24.6 Å². The molecule has 1 aliphatic carbocycles. The lowest BCUT2D eigenvalue weighted by molar-refractivity contribution is 0.474. The van der Waals surface area contributed by atoms with Gasteiger partial charge in [0.05, 0.1) is 17.4 Å². The summed E-state index contributed by atoms with van der Waals surface area (Å²) in [5.41, 5.74) is 8.01. The van der Waals surface area contributed by atoms with E-state index in [9.17, 15) is 0 Å². The minimum absolute atomic E-state index is 0.526. The molecule has 2 unspecified atom stereocenters. The molecule has 1 aromatic heterocycles. The zero-order chi connectivity index (χ0) is 13.2. The van der Waals surface area contributed by atoms with Crippen LogP contribution in [0.2, 0.25) is 0 Å². The van der Waals surface area contributed by atoms with Gasteiger partial charge < -0.3 is 10.6 Å². The SMILES string of the molecule is CN(c1cnnc2ccccc12)C1CCCC1CN. The summed E-state index contributed by atoms with van der Waals surface area (Å²) in [6, 6.07) is 8.70. The molecule has 0 radical (unpaired) electrons. The predicted molar refractivity (Wildman–Crippen MR) is 78.1 cm³/mol. The van der Waals surface area contributed by atoms with Crippen LogP contribution >= 0.6 is 0 Å². The van der Waals surface area contributed by atoms with Crippen molar-refractivity contribution in [2.24, 2.45) is 11.7 Å². The van der Waals surface area contributed by atoms with Crippen LogP contribution in [0.1, 0.15) is 19.3 Å². The Morgan fingerprint density at radius 1 is 1.32 bits per heavy atom. The summed E-state index contributed by atoms with van der Waals surface area (Å²) in [4.78, 5) is 2.35. The third-order valence-corrected chi connectivity index (χ3v) is 4.32. The highest BCUT2D eigenvalue weighted by molar-refractivity contribution is 5.90. The summed E-state index contributed by atoms with van der Waals surface area (Å²) in [5.74, 6) is 0.594. The lowest BCUT2D eigenvalue weighted by Crippen LogP contribution is -2.37. The highest BCUT2D eigenvalue weighted by Gasteiger charge is 2.30. The van der Waals surface area contributed by atoms with Crippen molar-refractivity contribution in [2.75, 3.05) is 18.5 Å². The fourth-order valence-corrected chi connectivity index (χ4v) is 3.25. The lowest BCUT2D eigenvalue weighted by atomic mass is 10.0. The quantitative estimate of drug-likeness (QED) is 0.914. The third-order valence-electron chi connectivity index (χ3n) is 4.32. The summed E-state index contributed by atoms with van der Waals surface area (Å²) in [6.45, 7) is 0.769. The maximum Gasteiger partial charge on any atom is 0.0950 e. The molecular formula is C15H20N4. The predicted octanol–water partition coefficient (Wildman–Crippen LogP) is 2.19. The van der Waals surface area contributed by atoms with Crippen molar-refractivity contribution >= 4 is 16.6 Å². The molecule has 1 fully saturated rings. The van der Waals surface area contributed by atoms with Crippen LogP contribution in [0, 0.1) is 5.92 Å². The van der Waals surface area contributed by atoms with E-state index in [1.165, 1.54) is 24.6 Å². The normalized spacial score (nSPS) is 22.8. The Bertz CT molecular complexity index is 564. The molecule has 1 aromatic carbocycles. The molecule has 1 aliphatic rings. The number of rotatable bonds is 3. The monoisotopic (exact) mass is 256 g/mol. The summed E-state index contributed by atoms with van der Waals surface area (Å²) >= 11 is 0. The largest absolute Gasteiger partial charge is 0.369 e. The summed E-state index contributed by atoms with van der Waals surface area (Å²) in [6.07, 6.45) is 5.60. The van der Waals surface area contributed by atoms with E-state index in [-0.39, 0.29) is 0 Å². The molecule has 2 N–H and O–H groups in total. The second-order valence-electron chi connectivity index (χ2n) is 5.35. The minimum Gasteiger partial charge on any atom is -0.369 e. The van der Waals surface area contributed by atoms with Crippen molar-refractivity contribution in [1.82, 2.24) is 10.2 Å². The van der Waals surface area contributed by atoms with Crippen LogP contribution in [0.4, 0.5) is 5.69 Å². The molecule has 0 spiro atoms. The van der Waals surface area contributed by atoms with E-state index < -0.39 is 0 Å². The van der Waals surface area contributed by atoms with Crippen LogP contribution in [-0.4, -0.2) is 29.8 Å². The van der Waals surface area contributed by atoms with Crippen LogP contribution in [0.3, 0.4) is 0 Å². The summed E-state index contributed by atoms with van der Waals surface area (Å²) in [5, 5.41) is 9.49. The van der Waals surface area contributed by atoms with Crippen LogP contribution < -0.4 is 10.6 Å². The van der Waals surface area contributed by atoms with Crippen molar-refractivity contribution < 1.29 is 0 Å². The summed E-state index contributed by atoms with van der Waals surface area (Å²) < 4.78 is 0. The third kappa shape index (κ3) is 2.16. The Balaban J connectivity index is 1.99. The number of hydrogen-bond acceptors (Lipinski definition) is 4. The van der Waals surface area contributed by atoms with Gasteiger partial charge in [0.25, 0.3) is 0 Å². The molecule has 0 saturated heterocycles. The number of nitrogens with zero attached hydrogens (tertiary/aromatic N) is 3. The minimum atomic E-state index is 0.526. The van der Waals surface area contributed by atoms with Crippen LogP contribution in [0.25, 0.3) is 10.9 Å². The van der Waals surface area contributed by atoms with Crippen molar-refractivity contribution in [3.63, 3.8) is 0 Å². The Kier molecular flexibility index (Phi) is 3.34. The van der Waals surface area contributed by atoms with E-state index in [1.54, 1.807) is 0 Å². The zero-order valence-corrected chi connectivity index (χ0v) is 11.3. The number of benzene rings is 1. The topological polar surface area (TPSA) is 55.0 Å². The molecular weight excluding hydrogens is 236 g/mol. The van der Waals surface area contributed by atoms with Crippen molar-refractivity contribution in [2.45, 2.75) is 25.3 Å². The fraction of sp³-hybridized carbons (Fsp3) is 0.467. The van der Waals surface area contributed by atoms with E-state index in [1.807, 2.05) is 18.3 Å². The molecule has 19 heavy (non-hydrogen) atoms. The standard InChI is InChI=1S/C15H20N4/c1-19(14-8-4-5-11(14)9-16)15-10-17-18-13-7-3-2-6-12(13)15/h2-3,6-7,10-11,14H,4-5,8-9,16H2,1H3. The smallest absolute Gasteiger partial charge is 0.0950 e. The van der Waals surface area contributed by atoms with Crippen molar-refractivity contribution in [1.29, 1.82) is 0 Å². The van der Waals surface area contributed by atoms with Crippen LogP contribution in [-0.2, 0) is 0 Å². The first-order chi connectivity index (χ1) is 9.31. The second-order valence-corrected chi connectivity index (χ2v) is 5.35. The molecule has 4 nitrogen and oxygen atoms in total. The Morgan fingerprint density at radius 3 is 3.00 bits per heavy atom. The van der Waals surface area contributed by atoms with E-state index in [0.29, 0.717) is 12.0 Å². The number of hydrogen-bond donors (Lipinski definition) is 1. The molecule has 0 aliphatic heterocycles. The highest BCUT2D eigenvalue weighted by atomic mass is 15.2. The van der Waals surface area contributed by atoms with E-state index >= 15 is 0 Å². The molecule has 4 heteroatoms. The molecule has 100 valence electrons. The number of aromatic nitrogens is 2. The molecule has 1 heterocycles. The number of anilines is 1. The van der Waals surface area contributed by atoms with Gasteiger partial charge in [-0.3, -0.25) is 0 Å². The van der Waals surface area contributed by atoms with Gasteiger partial charge in [-0.25, -0.2) is 0 Å². The maximum atomic E-state index is 5.90. The first kappa shape index (κ1) is 12.4. The van der Waals surface area contributed by atoms with Crippen molar-refractivity contribution in [3.8, 4) is 0 Å². The van der Waals surface area contributed by atoms with E-state index in [0.717, 1.165) is 17.7 Å². The molecule has 3 rings (SSSR count). The fourth-order valence-electron chi connectivity index (χ4n) is 3.25. The van der Waals surface area contributed by atoms with E-state index in [4.69, 9.17) is 5.73 Å². The Labute approximate surface area is 113 Å². The van der Waals surface area contributed by atoms with Gasteiger partial charge in [0, 0.05) is 18.5 Å². The molecule has 0 bridgehead atoms. The number of nitrogens with two attached hydrogens (primary N) is 1. The summed E-state index contributed by atoms with van der Waals surface area (Å²) in [7, 11) is 2.15. The van der Waals surface area contributed by atoms with Gasteiger partial charge in [-0.2, -0.15) is 10.2 Å². The average molecular weight is 256 g/mol. The van der Waals surface area contributed by atoms with Crippen LogP contribution in [0.15, 0.2) is 30.5 Å². The van der Waals surface area contributed by atoms with Gasteiger partial charge in [0.1, 0.15) is 0 Å². The second kappa shape index (κ2) is 5.13. The van der Waals surface area contributed by atoms with Crippen LogP contribution in [0.5, 0.6) is 0 Å². The van der Waals surface area contributed by atoms with Gasteiger partial charge in [0.15, 0.2) is 0 Å². The van der Waals surface area contributed by atoms with Crippen molar-refractivity contribution in [3.05, 3.63) is 30.5 Å². The Morgan fingerprint density at radius 2 is 2.16 bits per heavy atom. The first-order valence-electron chi connectivity index (χ1n) is 6.94. The van der Waals surface area contributed by atoms with Gasteiger partial charge in [-0.05, 0) is 31.4 Å². The number of fused-ring (bicyclic) bond motifs is 1. The molecule has 1 saturated carbocycles. The maximum absolute atomic E-state index is 5.90. The Hall–Kier alpha value is -1.68. The van der Waals surface area contributed by atoms with E-state index in [2.05, 4.69) is 34.3 Å². The van der Waals surface area contributed by atoms with Gasteiger partial charge >= 0.3 is 0 Å². The van der Waals surface area contributed by atoms with Gasteiger partial charge in [0.2, 0.25) is 0 Å². The zero-order valence-electron chi connectivity index (χ0n) is 11.3. The van der Waals surface area contributed by atoms with Gasteiger partial charge in [-0.15, -0.1) is 0 Å².